The second-order valence-electron chi connectivity index (χ2n) is 7.74. The number of anilines is 1. The molecule has 0 aromatic heterocycles. The molecule has 0 radical (unpaired) electrons. The summed E-state index contributed by atoms with van der Waals surface area (Å²) in [6.07, 6.45) is -3.77. The summed E-state index contributed by atoms with van der Waals surface area (Å²) >= 11 is 0. The fourth-order valence-electron chi connectivity index (χ4n) is 3.34. The first-order valence-electron chi connectivity index (χ1n) is 10.8. The van der Waals surface area contributed by atoms with Crippen molar-refractivity contribution in [2.24, 2.45) is 5.10 Å². The number of carbonyl (C=O) groups excluding carboxylic acids is 1. The molecule has 1 N–H and O–H groups in total. The SMILES string of the molecule is COc1ccc(N(CC(=O)N/N=C\c2ccccc2C(F)(F)F)S(=O)(=O)c2ccc(C)cc2)cc1OC. The summed E-state index contributed by atoms with van der Waals surface area (Å²) in [4.78, 5) is 12.6. The second kappa shape index (κ2) is 11.3. The molecule has 12 heteroatoms. The molecule has 0 aliphatic carbocycles. The zero-order valence-corrected chi connectivity index (χ0v) is 20.9. The van der Waals surface area contributed by atoms with E-state index < -0.39 is 34.2 Å². The average molecular weight is 536 g/mol. The minimum atomic E-state index is -4.61. The van der Waals surface area contributed by atoms with E-state index in [1.54, 1.807) is 19.1 Å². The number of aryl methyl sites for hydroxylation is 1. The van der Waals surface area contributed by atoms with Gasteiger partial charge in [0.05, 0.1) is 36.6 Å². The molecule has 8 nitrogen and oxygen atoms in total. The number of hydrogen-bond donors (Lipinski definition) is 1. The van der Waals surface area contributed by atoms with Crippen LogP contribution in [0.25, 0.3) is 0 Å². The first-order valence-corrected chi connectivity index (χ1v) is 12.2. The predicted octanol–water partition coefficient (Wildman–Crippen LogP) is 4.38. The van der Waals surface area contributed by atoms with Crippen LogP contribution in [0.5, 0.6) is 11.5 Å². The van der Waals surface area contributed by atoms with Crippen LogP contribution in [-0.2, 0) is 21.0 Å². The van der Waals surface area contributed by atoms with Gasteiger partial charge in [0.25, 0.3) is 15.9 Å². The van der Waals surface area contributed by atoms with Gasteiger partial charge in [-0.1, -0.05) is 35.9 Å². The first kappa shape index (κ1) is 27.5. The Kier molecular flexibility index (Phi) is 8.43. The summed E-state index contributed by atoms with van der Waals surface area (Å²) in [5.41, 5.74) is 1.83. The second-order valence-corrected chi connectivity index (χ2v) is 9.60. The molecular weight excluding hydrogens is 511 g/mol. The van der Waals surface area contributed by atoms with Gasteiger partial charge in [0.15, 0.2) is 11.5 Å². The van der Waals surface area contributed by atoms with Crippen molar-refractivity contribution >= 4 is 27.8 Å². The Balaban J connectivity index is 1.92. The first-order chi connectivity index (χ1) is 17.5. The number of rotatable bonds is 9. The van der Waals surface area contributed by atoms with E-state index in [9.17, 15) is 26.4 Å². The molecule has 0 unspecified atom stereocenters. The van der Waals surface area contributed by atoms with E-state index in [0.29, 0.717) is 5.75 Å². The molecule has 0 saturated heterocycles. The molecule has 3 aromatic rings. The van der Waals surface area contributed by atoms with Crippen LogP contribution in [0.15, 0.2) is 76.7 Å². The number of alkyl halides is 3. The van der Waals surface area contributed by atoms with Crippen molar-refractivity contribution in [2.75, 3.05) is 25.1 Å². The van der Waals surface area contributed by atoms with Gasteiger partial charge in [-0.05, 0) is 37.3 Å². The molecule has 0 spiro atoms. The van der Waals surface area contributed by atoms with Crippen LogP contribution in [-0.4, -0.2) is 41.3 Å². The fraction of sp³-hybridized carbons (Fsp3) is 0.200. The fourth-order valence-corrected chi connectivity index (χ4v) is 4.75. The van der Waals surface area contributed by atoms with E-state index in [-0.39, 0.29) is 21.9 Å². The summed E-state index contributed by atoms with van der Waals surface area (Å²) < 4.78 is 77.8. The van der Waals surface area contributed by atoms with Crippen molar-refractivity contribution in [3.63, 3.8) is 0 Å². The lowest BCUT2D eigenvalue weighted by Crippen LogP contribution is -2.39. The third-order valence-corrected chi connectivity index (χ3v) is 7.00. The van der Waals surface area contributed by atoms with Gasteiger partial charge in [-0.15, -0.1) is 0 Å². The van der Waals surface area contributed by atoms with Crippen LogP contribution in [0.2, 0.25) is 0 Å². The third kappa shape index (κ3) is 6.58. The van der Waals surface area contributed by atoms with Gasteiger partial charge in [0.2, 0.25) is 0 Å². The Labute approximate surface area is 212 Å². The van der Waals surface area contributed by atoms with Crippen molar-refractivity contribution in [1.29, 1.82) is 0 Å². The van der Waals surface area contributed by atoms with Gasteiger partial charge < -0.3 is 9.47 Å². The number of hydrazone groups is 1. The minimum absolute atomic E-state index is 0.0664. The number of methoxy groups -OCH3 is 2. The number of benzene rings is 3. The maximum atomic E-state index is 13.5. The molecule has 0 atom stereocenters. The minimum Gasteiger partial charge on any atom is -0.493 e. The lowest BCUT2D eigenvalue weighted by Gasteiger charge is -2.24. The number of nitrogens with zero attached hydrogens (tertiary/aromatic N) is 2. The number of ether oxygens (including phenoxy) is 2. The summed E-state index contributed by atoms with van der Waals surface area (Å²) in [6.45, 7) is 1.08. The van der Waals surface area contributed by atoms with E-state index in [4.69, 9.17) is 9.47 Å². The Morgan fingerprint density at radius 1 is 1.00 bits per heavy atom. The molecule has 1 amide bonds. The normalized spacial score (nSPS) is 11.8. The topological polar surface area (TPSA) is 97.3 Å². The molecule has 0 saturated carbocycles. The molecule has 0 bridgehead atoms. The Morgan fingerprint density at radius 2 is 1.65 bits per heavy atom. The predicted molar refractivity (Wildman–Crippen MR) is 132 cm³/mol. The van der Waals surface area contributed by atoms with Crippen molar-refractivity contribution in [3.05, 3.63) is 83.4 Å². The summed E-state index contributed by atoms with van der Waals surface area (Å²) in [6, 6.07) is 15.0. The number of halogens is 3. The van der Waals surface area contributed by atoms with E-state index in [1.165, 1.54) is 62.8 Å². The quantitative estimate of drug-likeness (QED) is 0.324. The Morgan fingerprint density at radius 3 is 2.27 bits per heavy atom. The van der Waals surface area contributed by atoms with Gasteiger partial charge in [-0.25, -0.2) is 13.8 Å². The summed E-state index contributed by atoms with van der Waals surface area (Å²) in [5, 5.41) is 3.60. The molecule has 3 aromatic carbocycles. The molecule has 3 rings (SSSR count). The smallest absolute Gasteiger partial charge is 0.417 e. The lowest BCUT2D eigenvalue weighted by atomic mass is 10.1. The van der Waals surface area contributed by atoms with Gasteiger partial charge in [-0.2, -0.15) is 18.3 Å². The third-order valence-electron chi connectivity index (χ3n) is 5.21. The van der Waals surface area contributed by atoms with Crippen LogP contribution in [0.1, 0.15) is 16.7 Å². The van der Waals surface area contributed by atoms with Crippen molar-refractivity contribution in [2.45, 2.75) is 18.0 Å². The van der Waals surface area contributed by atoms with Crippen LogP contribution in [0, 0.1) is 6.92 Å². The highest BCUT2D eigenvalue weighted by molar-refractivity contribution is 7.92. The Bertz CT molecular complexity index is 1390. The average Bonchev–Trinajstić information content (AvgIpc) is 2.86. The number of carbonyl (C=O) groups is 1. The van der Waals surface area contributed by atoms with Crippen LogP contribution < -0.4 is 19.2 Å². The van der Waals surface area contributed by atoms with Crippen molar-refractivity contribution < 1.29 is 35.9 Å². The van der Waals surface area contributed by atoms with Crippen LogP contribution >= 0.6 is 0 Å². The molecule has 37 heavy (non-hydrogen) atoms. The standard InChI is InChI=1S/C25H24F3N3O5S/c1-17-8-11-20(12-9-17)37(33,34)31(19-10-13-22(35-2)23(14-19)36-3)16-24(32)30-29-15-18-6-4-5-7-21(18)25(26,27)28/h4-15H,16H2,1-3H3,(H,30,32)/b29-15-. The number of amides is 1. The van der Waals surface area contributed by atoms with Gasteiger partial charge in [-0.3, -0.25) is 9.10 Å². The molecule has 0 fully saturated rings. The van der Waals surface area contributed by atoms with E-state index >= 15 is 0 Å². The maximum Gasteiger partial charge on any atom is 0.417 e. The number of sulfonamides is 1. The summed E-state index contributed by atoms with van der Waals surface area (Å²) in [5.74, 6) is -0.311. The zero-order valence-electron chi connectivity index (χ0n) is 20.1. The van der Waals surface area contributed by atoms with Gasteiger partial charge in [0, 0.05) is 11.6 Å². The highest BCUT2D eigenvalue weighted by Crippen LogP contribution is 2.34. The maximum absolute atomic E-state index is 13.5. The van der Waals surface area contributed by atoms with Gasteiger partial charge in [0.1, 0.15) is 6.54 Å². The lowest BCUT2D eigenvalue weighted by molar-refractivity contribution is -0.137. The molecule has 0 aliphatic heterocycles. The molecule has 0 heterocycles. The van der Waals surface area contributed by atoms with E-state index in [2.05, 4.69) is 10.5 Å². The van der Waals surface area contributed by atoms with E-state index in [0.717, 1.165) is 22.1 Å². The Hall–Kier alpha value is -4.06. The highest BCUT2D eigenvalue weighted by atomic mass is 32.2. The number of nitrogens with one attached hydrogen (secondary N) is 1. The molecular formula is C25H24F3N3O5S. The molecule has 0 aliphatic rings. The van der Waals surface area contributed by atoms with Crippen LogP contribution in [0.3, 0.4) is 0 Å². The largest absolute Gasteiger partial charge is 0.493 e. The van der Waals surface area contributed by atoms with Crippen LogP contribution in [0.4, 0.5) is 18.9 Å². The monoisotopic (exact) mass is 535 g/mol. The summed E-state index contributed by atoms with van der Waals surface area (Å²) in [7, 11) is -1.45. The van der Waals surface area contributed by atoms with Crippen molar-refractivity contribution in [1.82, 2.24) is 5.43 Å². The van der Waals surface area contributed by atoms with Gasteiger partial charge >= 0.3 is 6.18 Å². The zero-order chi connectivity index (χ0) is 27.2. The number of hydrogen-bond acceptors (Lipinski definition) is 6. The molecule has 196 valence electrons. The van der Waals surface area contributed by atoms with E-state index in [1.807, 2.05) is 0 Å². The highest BCUT2D eigenvalue weighted by Gasteiger charge is 2.32. The van der Waals surface area contributed by atoms with Crippen molar-refractivity contribution in [3.8, 4) is 11.5 Å².